The molecule has 16 heavy (non-hydrogen) atoms. The number of phenolic OH excluding ortho intramolecular Hbond substituents is 1. The number of rotatable bonds is 4. The lowest BCUT2D eigenvalue weighted by molar-refractivity contribution is 0.0321. The molecular weight excluding hydrogens is 344 g/mol. The first-order valence-electron chi connectivity index (χ1n) is 4.50. The number of benzene rings is 1. The van der Waals surface area contributed by atoms with Gasteiger partial charge < -0.3 is 20.1 Å². The molecule has 0 heterocycles. The number of aliphatic hydroxyl groups is 2. The summed E-state index contributed by atoms with van der Waals surface area (Å²) in [4.78, 5) is 0. The summed E-state index contributed by atoms with van der Waals surface area (Å²) in [5, 5.41) is 29.4. The molecule has 2 atom stereocenters. The molecule has 0 spiro atoms. The van der Waals surface area contributed by atoms with Crippen LogP contribution in [0.15, 0.2) is 16.6 Å². The minimum Gasteiger partial charge on any atom is -0.504 e. The largest absolute Gasteiger partial charge is 0.504 e. The molecule has 90 valence electrons. The maximum Gasteiger partial charge on any atom is 0.164 e. The van der Waals surface area contributed by atoms with Crippen LogP contribution in [-0.4, -0.2) is 33.9 Å². The highest BCUT2D eigenvalue weighted by Crippen LogP contribution is 2.40. The first-order chi connectivity index (χ1) is 7.52. The van der Waals surface area contributed by atoms with Crippen LogP contribution in [0.25, 0.3) is 0 Å². The van der Waals surface area contributed by atoms with Crippen molar-refractivity contribution in [3.8, 4) is 11.5 Å². The van der Waals surface area contributed by atoms with Gasteiger partial charge in [-0.2, -0.15) is 0 Å². The lowest BCUT2D eigenvalue weighted by atomic mass is 10.0. The first-order valence-corrected chi connectivity index (χ1v) is 6.41. The number of hydrogen-bond acceptors (Lipinski definition) is 4. The Hall–Kier alpha value is -0.300. The molecule has 0 aliphatic rings. The SMILES string of the molecule is COc1ccc(Br)c(C(O)C(O)CBr)c1O. The highest BCUT2D eigenvalue weighted by molar-refractivity contribution is 9.10. The molecule has 0 saturated heterocycles. The smallest absolute Gasteiger partial charge is 0.164 e. The number of phenols is 1. The molecular formula is C10H12Br2O4. The molecule has 0 radical (unpaired) electrons. The zero-order chi connectivity index (χ0) is 12.3. The van der Waals surface area contributed by atoms with E-state index in [2.05, 4.69) is 31.9 Å². The summed E-state index contributed by atoms with van der Waals surface area (Å²) in [6.45, 7) is 0. The van der Waals surface area contributed by atoms with Crippen molar-refractivity contribution >= 4 is 31.9 Å². The first kappa shape index (κ1) is 13.8. The van der Waals surface area contributed by atoms with E-state index < -0.39 is 12.2 Å². The Morgan fingerprint density at radius 1 is 1.38 bits per heavy atom. The van der Waals surface area contributed by atoms with E-state index in [1.54, 1.807) is 12.1 Å². The molecule has 1 aromatic carbocycles. The summed E-state index contributed by atoms with van der Waals surface area (Å²) in [7, 11) is 1.42. The van der Waals surface area contributed by atoms with Gasteiger partial charge in [-0.1, -0.05) is 31.9 Å². The van der Waals surface area contributed by atoms with E-state index in [0.717, 1.165) is 0 Å². The van der Waals surface area contributed by atoms with Gasteiger partial charge in [0.2, 0.25) is 0 Å². The number of aliphatic hydroxyl groups excluding tert-OH is 2. The normalized spacial score (nSPS) is 14.6. The predicted octanol–water partition coefficient (Wildman–Crippen LogP) is 1.95. The summed E-state index contributed by atoms with van der Waals surface area (Å²) < 4.78 is 5.44. The Balaban J connectivity index is 3.20. The van der Waals surface area contributed by atoms with Crippen molar-refractivity contribution in [1.82, 2.24) is 0 Å². The van der Waals surface area contributed by atoms with E-state index in [9.17, 15) is 15.3 Å². The summed E-state index contributed by atoms with van der Waals surface area (Å²) in [5.74, 6) is 0.0726. The lowest BCUT2D eigenvalue weighted by Crippen LogP contribution is -2.20. The maximum absolute atomic E-state index is 9.85. The lowest BCUT2D eigenvalue weighted by Gasteiger charge is -2.19. The predicted molar refractivity (Wildman–Crippen MR) is 67.1 cm³/mol. The van der Waals surface area contributed by atoms with Gasteiger partial charge in [0.25, 0.3) is 0 Å². The Morgan fingerprint density at radius 2 is 2.00 bits per heavy atom. The quantitative estimate of drug-likeness (QED) is 0.722. The Morgan fingerprint density at radius 3 is 2.50 bits per heavy atom. The van der Waals surface area contributed by atoms with Gasteiger partial charge in [0.05, 0.1) is 13.2 Å². The van der Waals surface area contributed by atoms with Crippen LogP contribution in [0, 0.1) is 0 Å². The molecule has 0 aliphatic carbocycles. The van der Waals surface area contributed by atoms with E-state index in [1.165, 1.54) is 7.11 Å². The minimum atomic E-state index is -1.19. The molecule has 3 N–H and O–H groups in total. The molecule has 0 saturated carbocycles. The number of halogens is 2. The Labute approximate surface area is 110 Å². The zero-order valence-electron chi connectivity index (χ0n) is 8.52. The van der Waals surface area contributed by atoms with Gasteiger partial charge in [0, 0.05) is 15.4 Å². The van der Waals surface area contributed by atoms with Crippen molar-refractivity contribution in [1.29, 1.82) is 0 Å². The second-order valence-corrected chi connectivity index (χ2v) is 4.68. The second kappa shape index (κ2) is 5.86. The van der Waals surface area contributed by atoms with E-state index in [1.807, 2.05) is 0 Å². The number of methoxy groups -OCH3 is 1. The van der Waals surface area contributed by atoms with Crippen molar-refractivity contribution in [3.05, 3.63) is 22.2 Å². The monoisotopic (exact) mass is 354 g/mol. The van der Waals surface area contributed by atoms with E-state index in [4.69, 9.17) is 4.74 Å². The zero-order valence-corrected chi connectivity index (χ0v) is 11.7. The molecule has 4 nitrogen and oxygen atoms in total. The standard InChI is InChI=1S/C10H12Br2O4/c1-16-7-3-2-5(12)8(10(7)15)9(14)6(13)4-11/h2-3,6,9,13-15H,4H2,1H3. The second-order valence-electron chi connectivity index (χ2n) is 3.18. The molecule has 1 rings (SSSR count). The molecule has 1 aromatic rings. The van der Waals surface area contributed by atoms with E-state index in [-0.39, 0.29) is 22.4 Å². The highest BCUT2D eigenvalue weighted by atomic mass is 79.9. The number of ether oxygens (including phenoxy) is 1. The van der Waals surface area contributed by atoms with Gasteiger partial charge in [-0.3, -0.25) is 0 Å². The highest BCUT2D eigenvalue weighted by Gasteiger charge is 2.24. The molecule has 0 amide bonds. The van der Waals surface area contributed by atoms with Gasteiger partial charge in [0.1, 0.15) is 6.10 Å². The molecule has 0 fully saturated rings. The fourth-order valence-corrected chi connectivity index (χ4v) is 2.19. The van der Waals surface area contributed by atoms with Crippen LogP contribution in [0.5, 0.6) is 11.5 Å². The van der Waals surface area contributed by atoms with Crippen molar-refractivity contribution in [2.75, 3.05) is 12.4 Å². The van der Waals surface area contributed by atoms with Crippen LogP contribution in [-0.2, 0) is 0 Å². The topological polar surface area (TPSA) is 69.9 Å². The minimum absolute atomic E-state index is 0.177. The molecule has 0 bridgehead atoms. The average molecular weight is 356 g/mol. The van der Waals surface area contributed by atoms with E-state index >= 15 is 0 Å². The van der Waals surface area contributed by atoms with Crippen LogP contribution in [0.2, 0.25) is 0 Å². The van der Waals surface area contributed by atoms with Gasteiger partial charge in [0.15, 0.2) is 11.5 Å². The molecule has 2 unspecified atom stereocenters. The third kappa shape index (κ3) is 2.68. The summed E-state index contributed by atoms with van der Waals surface area (Å²) in [5.41, 5.74) is 0.214. The average Bonchev–Trinajstić information content (AvgIpc) is 2.28. The molecule has 6 heteroatoms. The summed E-state index contributed by atoms with van der Waals surface area (Å²) >= 11 is 6.27. The van der Waals surface area contributed by atoms with Crippen LogP contribution in [0.1, 0.15) is 11.7 Å². The summed E-state index contributed by atoms with van der Waals surface area (Å²) in [6, 6.07) is 3.20. The number of hydrogen-bond donors (Lipinski definition) is 3. The van der Waals surface area contributed by atoms with Gasteiger partial charge in [-0.15, -0.1) is 0 Å². The van der Waals surface area contributed by atoms with Gasteiger partial charge in [-0.05, 0) is 12.1 Å². The maximum atomic E-state index is 9.85. The Kier molecular flexibility index (Phi) is 5.04. The fourth-order valence-electron chi connectivity index (χ4n) is 1.29. The van der Waals surface area contributed by atoms with Gasteiger partial charge in [-0.25, -0.2) is 0 Å². The Bertz CT molecular complexity index is 370. The fraction of sp³-hybridized carbons (Fsp3) is 0.400. The third-order valence-corrected chi connectivity index (χ3v) is 3.52. The van der Waals surface area contributed by atoms with Crippen molar-refractivity contribution in [2.45, 2.75) is 12.2 Å². The molecule has 0 aromatic heterocycles. The van der Waals surface area contributed by atoms with Crippen LogP contribution in [0.4, 0.5) is 0 Å². The third-order valence-electron chi connectivity index (χ3n) is 2.17. The van der Waals surface area contributed by atoms with Crippen LogP contribution >= 0.6 is 31.9 Å². The van der Waals surface area contributed by atoms with Crippen molar-refractivity contribution in [3.63, 3.8) is 0 Å². The van der Waals surface area contributed by atoms with Crippen LogP contribution < -0.4 is 4.74 Å². The van der Waals surface area contributed by atoms with E-state index in [0.29, 0.717) is 4.47 Å². The number of alkyl halides is 1. The summed E-state index contributed by atoms with van der Waals surface area (Å²) in [6.07, 6.45) is -2.20. The number of aromatic hydroxyl groups is 1. The van der Waals surface area contributed by atoms with Gasteiger partial charge >= 0.3 is 0 Å². The molecule has 0 aliphatic heterocycles. The van der Waals surface area contributed by atoms with Crippen molar-refractivity contribution in [2.24, 2.45) is 0 Å². The van der Waals surface area contributed by atoms with Crippen molar-refractivity contribution < 1.29 is 20.1 Å². The van der Waals surface area contributed by atoms with Crippen LogP contribution in [0.3, 0.4) is 0 Å².